The molecule has 0 aliphatic rings. The van der Waals surface area contributed by atoms with E-state index in [0.717, 1.165) is 5.56 Å². The predicted molar refractivity (Wildman–Crippen MR) is 87.9 cm³/mol. The van der Waals surface area contributed by atoms with Gasteiger partial charge < -0.3 is 9.47 Å². The van der Waals surface area contributed by atoms with E-state index >= 15 is 0 Å². The summed E-state index contributed by atoms with van der Waals surface area (Å²) in [4.78, 5) is 21.0. The standard InChI is InChI=1S/C17H13ClN2O3/c1-22-12-9-8-11-15(13(12)17(21)23-2)20-16(18)14(19-11)10-6-4-3-5-7-10/h3-9H,1-2H3. The number of ether oxygens (including phenoxy) is 2. The van der Waals surface area contributed by atoms with E-state index in [2.05, 4.69) is 9.97 Å². The molecule has 23 heavy (non-hydrogen) atoms. The van der Waals surface area contributed by atoms with E-state index in [0.29, 0.717) is 22.5 Å². The van der Waals surface area contributed by atoms with E-state index in [4.69, 9.17) is 21.1 Å². The van der Waals surface area contributed by atoms with Gasteiger partial charge in [0.05, 0.1) is 19.7 Å². The molecule has 3 rings (SSSR count). The Labute approximate surface area is 137 Å². The summed E-state index contributed by atoms with van der Waals surface area (Å²) in [5, 5.41) is 0.210. The van der Waals surface area contributed by atoms with E-state index < -0.39 is 5.97 Å². The second kappa shape index (κ2) is 6.22. The average Bonchev–Trinajstić information content (AvgIpc) is 2.60. The quantitative estimate of drug-likeness (QED) is 0.685. The van der Waals surface area contributed by atoms with Crippen molar-refractivity contribution >= 4 is 28.6 Å². The summed E-state index contributed by atoms with van der Waals surface area (Å²) in [5.74, 6) is -0.188. The number of nitrogens with zero attached hydrogens (tertiary/aromatic N) is 2. The molecule has 1 heterocycles. The zero-order valence-corrected chi connectivity index (χ0v) is 13.3. The Morgan fingerprint density at radius 2 is 1.78 bits per heavy atom. The maximum atomic E-state index is 12.1. The molecule has 0 fully saturated rings. The third kappa shape index (κ3) is 2.71. The number of aromatic nitrogens is 2. The lowest BCUT2D eigenvalue weighted by Gasteiger charge is -2.11. The smallest absolute Gasteiger partial charge is 0.343 e. The van der Waals surface area contributed by atoms with Crippen molar-refractivity contribution in [2.45, 2.75) is 0 Å². The molecular weight excluding hydrogens is 316 g/mol. The number of hydrogen-bond acceptors (Lipinski definition) is 5. The molecule has 1 aromatic heterocycles. The zero-order valence-electron chi connectivity index (χ0n) is 12.5. The first-order valence-corrected chi connectivity index (χ1v) is 7.21. The van der Waals surface area contributed by atoms with Crippen molar-refractivity contribution in [3.8, 4) is 17.0 Å². The van der Waals surface area contributed by atoms with Crippen molar-refractivity contribution in [3.63, 3.8) is 0 Å². The van der Waals surface area contributed by atoms with Crippen LogP contribution in [-0.4, -0.2) is 30.2 Å². The molecule has 0 N–H and O–H groups in total. The molecule has 6 heteroatoms. The summed E-state index contributed by atoms with van der Waals surface area (Å²) in [6.07, 6.45) is 0. The summed E-state index contributed by atoms with van der Waals surface area (Å²) < 4.78 is 10.0. The molecule has 2 aromatic carbocycles. The van der Waals surface area contributed by atoms with Gasteiger partial charge in [-0.1, -0.05) is 41.9 Å². The zero-order chi connectivity index (χ0) is 16.4. The van der Waals surface area contributed by atoms with Gasteiger partial charge >= 0.3 is 5.97 Å². The molecule has 0 spiro atoms. The molecule has 0 bridgehead atoms. The van der Waals surface area contributed by atoms with E-state index in [1.165, 1.54) is 14.2 Å². The highest BCUT2D eigenvalue weighted by molar-refractivity contribution is 6.32. The Morgan fingerprint density at radius 1 is 1.04 bits per heavy atom. The average molecular weight is 329 g/mol. The molecule has 0 saturated heterocycles. The first-order valence-electron chi connectivity index (χ1n) is 6.83. The Kier molecular flexibility index (Phi) is 4.12. The minimum Gasteiger partial charge on any atom is -0.496 e. The fraction of sp³-hybridized carbons (Fsp3) is 0.118. The van der Waals surface area contributed by atoms with Gasteiger partial charge in [0.15, 0.2) is 5.15 Å². The Bertz CT molecular complexity index is 882. The molecule has 116 valence electrons. The van der Waals surface area contributed by atoms with Crippen molar-refractivity contribution in [2.24, 2.45) is 0 Å². The molecule has 0 aliphatic heterocycles. The number of rotatable bonds is 3. The predicted octanol–water partition coefficient (Wildman–Crippen LogP) is 3.75. The highest BCUT2D eigenvalue weighted by Gasteiger charge is 2.20. The number of carbonyl (C=O) groups is 1. The maximum Gasteiger partial charge on any atom is 0.343 e. The lowest BCUT2D eigenvalue weighted by Crippen LogP contribution is -2.07. The van der Waals surface area contributed by atoms with Gasteiger partial charge in [0.1, 0.15) is 22.5 Å². The second-order valence-electron chi connectivity index (χ2n) is 4.73. The number of fused-ring (bicyclic) bond motifs is 1. The van der Waals surface area contributed by atoms with Crippen LogP contribution in [0.4, 0.5) is 0 Å². The monoisotopic (exact) mass is 328 g/mol. The number of carbonyl (C=O) groups excluding carboxylic acids is 1. The normalized spacial score (nSPS) is 10.6. The lowest BCUT2D eigenvalue weighted by atomic mass is 10.1. The Balaban J connectivity index is 2.29. The van der Waals surface area contributed by atoms with E-state index in [1.54, 1.807) is 12.1 Å². The number of methoxy groups -OCH3 is 2. The van der Waals surface area contributed by atoms with Crippen molar-refractivity contribution < 1.29 is 14.3 Å². The molecule has 0 aliphatic carbocycles. The first-order chi connectivity index (χ1) is 11.2. The van der Waals surface area contributed by atoms with E-state index in [9.17, 15) is 4.79 Å². The van der Waals surface area contributed by atoms with Crippen molar-refractivity contribution in [2.75, 3.05) is 14.2 Å². The van der Waals surface area contributed by atoms with E-state index in [1.807, 2.05) is 30.3 Å². The Morgan fingerprint density at radius 3 is 2.43 bits per heavy atom. The maximum absolute atomic E-state index is 12.1. The van der Waals surface area contributed by atoms with Crippen LogP contribution in [0.3, 0.4) is 0 Å². The fourth-order valence-corrected chi connectivity index (χ4v) is 2.57. The second-order valence-corrected chi connectivity index (χ2v) is 5.09. The van der Waals surface area contributed by atoms with Gasteiger partial charge in [0.2, 0.25) is 0 Å². The van der Waals surface area contributed by atoms with Crippen molar-refractivity contribution in [1.82, 2.24) is 9.97 Å². The molecule has 3 aromatic rings. The Hall–Kier alpha value is -2.66. The first kappa shape index (κ1) is 15.2. The molecule has 0 radical (unpaired) electrons. The largest absolute Gasteiger partial charge is 0.496 e. The van der Waals surface area contributed by atoms with Crippen LogP contribution in [0, 0.1) is 0 Å². The van der Waals surface area contributed by atoms with Crippen LogP contribution in [0.1, 0.15) is 10.4 Å². The van der Waals surface area contributed by atoms with Crippen LogP contribution in [0.15, 0.2) is 42.5 Å². The summed E-state index contributed by atoms with van der Waals surface area (Å²) in [6.45, 7) is 0. The number of halogens is 1. The number of hydrogen-bond donors (Lipinski definition) is 0. The summed E-state index contributed by atoms with van der Waals surface area (Å²) in [5.41, 5.74) is 2.50. The summed E-state index contributed by atoms with van der Waals surface area (Å²) >= 11 is 6.29. The van der Waals surface area contributed by atoms with Gasteiger partial charge in [-0.3, -0.25) is 0 Å². The molecule has 0 amide bonds. The van der Waals surface area contributed by atoms with Gasteiger partial charge in [-0.15, -0.1) is 0 Å². The summed E-state index contributed by atoms with van der Waals surface area (Å²) in [6, 6.07) is 12.9. The van der Waals surface area contributed by atoms with Crippen LogP contribution in [-0.2, 0) is 4.74 Å². The third-order valence-electron chi connectivity index (χ3n) is 3.41. The SMILES string of the molecule is COC(=O)c1c(OC)ccc2nc(-c3ccccc3)c(Cl)nc12. The van der Waals surface area contributed by atoms with Crippen molar-refractivity contribution in [1.29, 1.82) is 0 Å². The van der Waals surface area contributed by atoms with Crippen LogP contribution >= 0.6 is 11.6 Å². The molecule has 5 nitrogen and oxygen atoms in total. The minimum atomic E-state index is -0.551. The molecular formula is C17H13ClN2O3. The van der Waals surface area contributed by atoms with Gasteiger partial charge in [-0.05, 0) is 12.1 Å². The van der Waals surface area contributed by atoms with Crippen molar-refractivity contribution in [3.05, 3.63) is 53.2 Å². The van der Waals surface area contributed by atoms with Gasteiger partial charge in [0, 0.05) is 5.56 Å². The van der Waals surface area contributed by atoms with Gasteiger partial charge in [0.25, 0.3) is 0 Å². The highest BCUT2D eigenvalue weighted by atomic mass is 35.5. The van der Waals surface area contributed by atoms with Gasteiger partial charge in [-0.2, -0.15) is 0 Å². The number of benzene rings is 2. The van der Waals surface area contributed by atoms with Gasteiger partial charge in [-0.25, -0.2) is 14.8 Å². The lowest BCUT2D eigenvalue weighted by molar-refractivity contribution is 0.0599. The van der Waals surface area contributed by atoms with E-state index in [-0.39, 0.29) is 10.7 Å². The van der Waals surface area contributed by atoms with Crippen LogP contribution in [0.2, 0.25) is 5.15 Å². The fourth-order valence-electron chi connectivity index (χ4n) is 2.33. The van der Waals surface area contributed by atoms with Crippen LogP contribution in [0.25, 0.3) is 22.3 Å². The number of esters is 1. The van der Waals surface area contributed by atoms with Crippen LogP contribution in [0.5, 0.6) is 5.75 Å². The molecule has 0 unspecified atom stereocenters. The molecule has 0 saturated carbocycles. The highest BCUT2D eigenvalue weighted by Crippen LogP contribution is 2.31. The third-order valence-corrected chi connectivity index (χ3v) is 3.68. The molecule has 0 atom stereocenters. The summed E-state index contributed by atoms with van der Waals surface area (Å²) in [7, 11) is 2.77. The topological polar surface area (TPSA) is 61.3 Å². The van der Waals surface area contributed by atoms with Crippen LogP contribution < -0.4 is 4.74 Å². The minimum absolute atomic E-state index is 0.210.